The van der Waals surface area contributed by atoms with Crippen LogP contribution in [0.4, 0.5) is 0 Å². The minimum absolute atomic E-state index is 0.112. The summed E-state index contributed by atoms with van der Waals surface area (Å²) in [7, 11) is 0. The summed E-state index contributed by atoms with van der Waals surface area (Å²) in [6.07, 6.45) is 3.91. The number of aromatic amines is 1. The molecule has 1 aromatic rings. The number of hydrogen-bond acceptors (Lipinski definition) is 7. The van der Waals surface area contributed by atoms with E-state index in [2.05, 4.69) is 20.6 Å². The van der Waals surface area contributed by atoms with Gasteiger partial charge in [-0.1, -0.05) is 0 Å². The van der Waals surface area contributed by atoms with E-state index in [4.69, 9.17) is 16.6 Å². The number of aromatic nitrogens is 2. The lowest BCUT2D eigenvalue weighted by atomic mass is 10.1. The van der Waals surface area contributed by atoms with E-state index in [0.29, 0.717) is 25.1 Å². The summed E-state index contributed by atoms with van der Waals surface area (Å²) >= 11 is 0. The van der Waals surface area contributed by atoms with Gasteiger partial charge in [0.25, 0.3) is 0 Å². The Kier molecular flexibility index (Phi) is 8.70. The Morgan fingerprint density at radius 2 is 2.03 bits per heavy atom. The van der Waals surface area contributed by atoms with Gasteiger partial charge in [0, 0.05) is 31.3 Å². The van der Waals surface area contributed by atoms with Crippen LogP contribution >= 0.6 is 0 Å². The van der Waals surface area contributed by atoms with Crippen molar-refractivity contribution in [3.05, 3.63) is 18.2 Å². The van der Waals surface area contributed by atoms with Crippen LogP contribution in [0.5, 0.6) is 0 Å². The maximum Gasteiger partial charge on any atom is 0.325 e. The van der Waals surface area contributed by atoms with Crippen molar-refractivity contribution in [2.75, 3.05) is 6.54 Å². The van der Waals surface area contributed by atoms with Crippen molar-refractivity contribution in [2.45, 2.75) is 63.2 Å². The Bertz CT molecular complexity index is 843. The van der Waals surface area contributed by atoms with Gasteiger partial charge in [-0.25, -0.2) is 4.98 Å². The molecule has 0 spiro atoms. The number of hydrogen-bond donors (Lipinski definition) is 6. The molecule has 2 rings (SSSR count). The van der Waals surface area contributed by atoms with E-state index in [0.717, 1.165) is 0 Å². The number of amides is 4. The summed E-state index contributed by atoms with van der Waals surface area (Å²) in [6, 6.07) is -4.10. The average Bonchev–Trinajstić information content (AvgIpc) is 3.41. The van der Waals surface area contributed by atoms with Crippen molar-refractivity contribution in [3.63, 3.8) is 0 Å². The summed E-state index contributed by atoms with van der Waals surface area (Å²) < 4.78 is 0. The number of nitrogens with two attached hydrogens (primary N) is 2. The molecular formula is C19H29N7O6. The molecule has 1 aliphatic heterocycles. The predicted molar refractivity (Wildman–Crippen MR) is 111 cm³/mol. The number of carboxylic acid groups (broad SMARTS) is 1. The molecule has 4 atom stereocenters. The second kappa shape index (κ2) is 11.2. The molecular weight excluding hydrogens is 422 g/mol. The molecule has 0 aliphatic carbocycles. The molecule has 32 heavy (non-hydrogen) atoms. The molecule has 0 aromatic carbocycles. The summed E-state index contributed by atoms with van der Waals surface area (Å²) in [5.41, 5.74) is 11.8. The minimum atomic E-state index is -1.25. The molecule has 176 valence electrons. The van der Waals surface area contributed by atoms with Crippen LogP contribution in [-0.2, 0) is 30.4 Å². The van der Waals surface area contributed by atoms with Crippen LogP contribution in [0.2, 0.25) is 0 Å². The lowest BCUT2D eigenvalue weighted by Crippen LogP contribution is -2.56. The molecule has 4 unspecified atom stereocenters. The zero-order valence-electron chi connectivity index (χ0n) is 17.7. The normalized spacial score (nSPS) is 18.4. The quantitative estimate of drug-likeness (QED) is 0.213. The fourth-order valence-electron chi connectivity index (χ4n) is 3.44. The number of primary amides is 1. The number of likely N-dealkylation sites (tertiary alicyclic amines) is 1. The standard InChI is InChI=1S/C19H29N7O6/c1-10(19(31)32)24-16(28)13(4-5-15(21)27)25-17(29)14-3-2-6-26(14)18(30)12(20)7-11-8-22-9-23-11/h8-10,12-14H,2-7,20H2,1H3,(H2,21,27)(H,22,23)(H,24,28)(H,25,29)(H,31,32). The van der Waals surface area contributed by atoms with Gasteiger partial charge in [-0.05, 0) is 26.2 Å². The van der Waals surface area contributed by atoms with Gasteiger partial charge in [0.15, 0.2) is 0 Å². The van der Waals surface area contributed by atoms with Gasteiger partial charge >= 0.3 is 5.97 Å². The van der Waals surface area contributed by atoms with Gasteiger partial charge in [-0.2, -0.15) is 0 Å². The summed E-state index contributed by atoms with van der Waals surface area (Å²) in [6.45, 7) is 1.60. The lowest BCUT2D eigenvalue weighted by Gasteiger charge is -2.28. The molecule has 0 bridgehead atoms. The SMILES string of the molecule is CC(NC(=O)C(CCC(N)=O)NC(=O)C1CCCN1C(=O)C(N)Cc1cnc[nH]1)C(=O)O. The van der Waals surface area contributed by atoms with Gasteiger partial charge < -0.3 is 37.1 Å². The van der Waals surface area contributed by atoms with E-state index in [1.54, 1.807) is 6.20 Å². The second-order valence-corrected chi connectivity index (χ2v) is 7.71. The van der Waals surface area contributed by atoms with Gasteiger partial charge in [0.1, 0.15) is 18.1 Å². The first kappa shape index (κ1) is 24.8. The number of nitrogens with zero attached hydrogens (tertiary/aromatic N) is 2. The monoisotopic (exact) mass is 451 g/mol. The Morgan fingerprint density at radius 3 is 2.62 bits per heavy atom. The first-order valence-corrected chi connectivity index (χ1v) is 10.2. The predicted octanol–water partition coefficient (Wildman–Crippen LogP) is -2.39. The Hall–Kier alpha value is -3.48. The van der Waals surface area contributed by atoms with Crippen LogP contribution in [-0.4, -0.2) is 80.3 Å². The smallest absolute Gasteiger partial charge is 0.325 e. The van der Waals surface area contributed by atoms with E-state index in [-0.39, 0.29) is 19.3 Å². The molecule has 8 N–H and O–H groups in total. The summed E-state index contributed by atoms with van der Waals surface area (Å²) in [5.74, 6) is -3.68. The van der Waals surface area contributed by atoms with Crippen molar-refractivity contribution in [2.24, 2.45) is 11.5 Å². The van der Waals surface area contributed by atoms with Crippen LogP contribution in [0.15, 0.2) is 12.5 Å². The molecule has 1 fully saturated rings. The molecule has 13 heteroatoms. The highest BCUT2D eigenvalue weighted by Crippen LogP contribution is 2.19. The molecule has 13 nitrogen and oxygen atoms in total. The Balaban J connectivity index is 2.05. The largest absolute Gasteiger partial charge is 0.480 e. The van der Waals surface area contributed by atoms with Crippen LogP contribution in [0.25, 0.3) is 0 Å². The topological polar surface area (TPSA) is 214 Å². The zero-order valence-corrected chi connectivity index (χ0v) is 17.7. The van der Waals surface area contributed by atoms with Crippen LogP contribution < -0.4 is 22.1 Å². The van der Waals surface area contributed by atoms with Crippen molar-refractivity contribution < 1.29 is 29.1 Å². The molecule has 1 aliphatic rings. The highest BCUT2D eigenvalue weighted by atomic mass is 16.4. The van der Waals surface area contributed by atoms with Crippen molar-refractivity contribution in [1.82, 2.24) is 25.5 Å². The second-order valence-electron chi connectivity index (χ2n) is 7.71. The van der Waals surface area contributed by atoms with Crippen LogP contribution in [0.1, 0.15) is 38.3 Å². The first-order chi connectivity index (χ1) is 15.1. The van der Waals surface area contributed by atoms with E-state index in [1.807, 2.05) is 0 Å². The van der Waals surface area contributed by atoms with Gasteiger partial charge in [-0.15, -0.1) is 0 Å². The number of imidazole rings is 1. The molecule has 2 heterocycles. The Labute approximate surface area is 184 Å². The third kappa shape index (κ3) is 6.77. The van der Waals surface area contributed by atoms with Crippen LogP contribution in [0, 0.1) is 0 Å². The van der Waals surface area contributed by atoms with Gasteiger partial charge in [0.2, 0.25) is 23.6 Å². The summed E-state index contributed by atoms with van der Waals surface area (Å²) in [4.78, 5) is 68.5. The van der Waals surface area contributed by atoms with Crippen molar-refractivity contribution >= 4 is 29.6 Å². The first-order valence-electron chi connectivity index (χ1n) is 10.2. The third-order valence-electron chi connectivity index (χ3n) is 5.19. The Morgan fingerprint density at radius 1 is 1.31 bits per heavy atom. The van der Waals surface area contributed by atoms with E-state index < -0.39 is 53.8 Å². The highest BCUT2D eigenvalue weighted by Gasteiger charge is 2.37. The fourth-order valence-corrected chi connectivity index (χ4v) is 3.44. The van der Waals surface area contributed by atoms with E-state index in [9.17, 15) is 24.0 Å². The lowest BCUT2D eigenvalue weighted by molar-refractivity contribution is -0.142. The minimum Gasteiger partial charge on any atom is -0.480 e. The molecule has 1 saturated heterocycles. The highest BCUT2D eigenvalue weighted by molar-refractivity contribution is 5.94. The number of rotatable bonds is 11. The van der Waals surface area contributed by atoms with E-state index >= 15 is 0 Å². The van der Waals surface area contributed by atoms with E-state index in [1.165, 1.54) is 18.2 Å². The molecule has 0 radical (unpaired) electrons. The average molecular weight is 451 g/mol. The molecule has 1 aromatic heterocycles. The molecule has 0 saturated carbocycles. The number of aliphatic carboxylic acids is 1. The number of carbonyl (C=O) groups excluding carboxylic acids is 4. The maximum atomic E-state index is 12.9. The zero-order chi connectivity index (χ0) is 23.8. The maximum absolute atomic E-state index is 12.9. The number of H-pyrrole nitrogens is 1. The van der Waals surface area contributed by atoms with Crippen molar-refractivity contribution in [3.8, 4) is 0 Å². The van der Waals surface area contributed by atoms with Gasteiger partial charge in [-0.3, -0.25) is 24.0 Å². The fraction of sp³-hybridized carbons (Fsp3) is 0.579. The van der Waals surface area contributed by atoms with Crippen molar-refractivity contribution in [1.29, 1.82) is 0 Å². The summed E-state index contributed by atoms with van der Waals surface area (Å²) in [5, 5.41) is 13.8. The number of nitrogens with one attached hydrogen (secondary N) is 3. The number of carbonyl (C=O) groups is 5. The third-order valence-corrected chi connectivity index (χ3v) is 5.19. The van der Waals surface area contributed by atoms with Crippen LogP contribution in [0.3, 0.4) is 0 Å². The molecule has 4 amide bonds. The van der Waals surface area contributed by atoms with Gasteiger partial charge in [0.05, 0.1) is 12.4 Å². The number of carboxylic acids is 1.